The molecule has 3 rings (SSSR count). The lowest BCUT2D eigenvalue weighted by atomic mass is 10.0. The molecular weight excluding hydrogens is 258 g/mol. The summed E-state index contributed by atoms with van der Waals surface area (Å²) in [5.41, 5.74) is 8.06. The van der Waals surface area contributed by atoms with Gasteiger partial charge in [0, 0.05) is 36.4 Å². The average molecular weight is 275 g/mol. The van der Waals surface area contributed by atoms with Crippen molar-refractivity contribution < 1.29 is 14.7 Å². The topological polar surface area (TPSA) is 86.9 Å². The Kier molecular flexibility index (Phi) is 3.00. The predicted octanol–water partition coefficient (Wildman–Crippen LogP) is 1.37. The molecule has 0 spiro atoms. The first kappa shape index (κ1) is 12.8. The maximum atomic E-state index is 12.4. The zero-order valence-corrected chi connectivity index (χ0v) is 11.1. The van der Waals surface area contributed by atoms with Crippen LogP contribution in [0.1, 0.15) is 28.8 Å². The third-order valence-corrected chi connectivity index (χ3v) is 4.14. The van der Waals surface area contributed by atoms with E-state index in [2.05, 4.69) is 0 Å². The number of likely N-dealkylation sites (tertiary alicyclic amines) is 1. The van der Waals surface area contributed by atoms with Crippen LogP contribution in [0.3, 0.4) is 0 Å². The summed E-state index contributed by atoms with van der Waals surface area (Å²) >= 11 is 0. The largest absolute Gasteiger partial charge is 0.465 e. The van der Waals surface area contributed by atoms with E-state index >= 15 is 0 Å². The van der Waals surface area contributed by atoms with Crippen LogP contribution in [0.5, 0.6) is 0 Å². The van der Waals surface area contributed by atoms with E-state index in [0.29, 0.717) is 30.9 Å². The molecule has 2 heterocycles. The van der Waals surface area contributed by atoms with Gasteiger partial charge in [0.1, 0.15) is 0 Å². The standard InChI is InChI=1S/C14H17N3O3/c15-12-5-1-4-10-11(12)8-17(13(10)18)9-3-2-6-16(7-9)14(19)20/h1,4-5,9H,2-3,6-8,15H2,(H,19,20). The van der Waals surface area contributed by atoms with Crippen molar-refractivity contribution in [1.82, 2.24) is 9.80 Å². The lowest BCUT2D eigenvalue weighted by molar-refractivity contribution is 0.0559. The SMILES string of the molecule is Nc1cccc2c1CN(C1CCCN(C(=O)O)C1)C2=O. The lowest BCUT2D eigenvalue weighted by Crippen LogP contribution is -2.49. The van der Waals surface area contributed by atoms with Gasteiger partial charge in [-0.3, -0.25) is 4.79 Å². The molecule has 0 aromatic heterocycles. The van der Waals surface area contributed by atoms with Crippen molar-refractivity contribution in [3.05, 3.63) is 29.3 Å². The van der Waals surface area contributed by atoms with Gasteiger partial charge in [0.05, 0.1) is 6.04 Å². The second kappa shape index (κ2) is 4.70. The van der Waals surface area contributed by atoms with Crippen LogP contribution in [0.15, 0.2) is 18.2 Å². The Morgan fingerprint density at radius 2 is 2.20 bits per heavy atom. The first-order valence-electron chi connectivity index (χ1n) is 6.74. The molecule has 0 bridgehead atoms. The molecule has 2 aliphatic heterocycles. The summed E-state index contributed by atoms with van der Waals surface area (Å²) in [5.74, 6) is -0.0375. The van der Waals surface area contributed by atoms with E-state index in [1.54, 1.807) is 23.1 Å². The number of hydrogen-bond acceptors (Lipinski definition) is 3. The third-order valence-electron chi connectivity index (χ3n) is 4.14. The Bertz CT molecular complexity index is 573. The van der Waals surface area contributed by atoms with Gasteiger partial charge in [0.2, 0.25) is 0 Å². The molecule has 0 aliphatic carbocycles. The number of nitrogens with zero attached hydrogens (tertiary/aromatic N) is 2. The van der Waals surface area contributed by atoms with Crippen LogP contribution in [-0.4, -0.2) is 46.0 Å². The molecule has 1 fully saturated rings. The second-order valence-corrected chi connectivity index (χ2v) is 5.33. The van der Waals surface area contributed by atoms with Gasteiger partial charge in [0.15, 0.2) is 0 Å². The smallest absolute Gasteiger partial charge is 0.407 e. The molecule has 3 N–H and O–H groups in total. The Labute approximate surface area is 116 Å². The number of carbonyl (C=O) groups excluding carboxylic acids is 1. The molecule has 106 valence electrons. The lowest BCUT2D eigenvalue weighted by Gasteiger charge is -2.36. The fraction of sp³-hybridized carbons (Fsp3) is 0.429. The van der Waals surface area contributed by atoms with E-state index < -0.39 is 6.09 Å². The van der Waals surface area contributed by atoms with Crippen LogP contribution in [0, 0.1) is 0 Å². The number of benzene rings is 1. The maximum Gasteiger partial charge on any atom is 0.407 e. The molecule has 2 amide bonds. The van der Waals surface area contributed by atoms with Crippen LogP contribution in [0.2, 0.25) is 0 Å². The normalized spacial score (nSPS) is 22.0. The second-order valence-electron chi connectivity index (χ2n) is 5.33. The third kappa shape index (κ3) is 1.97. The van der Waals surface area contributed by atoms with Crippen molar-refractivity contribution in [3.8, 4) is 0 Å². The molecule has 1 saturated heterocycles. The highest BCUT2D eigenvalue weighted by Gasteiger charge is 2.36. The van der Waals surface area contributed by atoms with Crippen molar-refractivity contribution >= 4 is 17.7 Å². The minimum Gasteiger partial charge on any atom is -0.465 e. The van der Waals surface area contributed by atoms with Crippen LogP contribution in [0.4, 0.5) is 10.5 Å². The van der Waals surface area contributed by atoms with Gasteiger partial charge in [0.25, 0.3) is 5.91 Å². The van der Waals surface area contributed by atoms with Gasteiger partial charge >= 0.3 is 6.09 Å². The highest BCUT2D eigenvalue weighted by atomic mass is 16.4. The van der Waals surface area contributed by atoms with Crippen molar-refractivity contribution in [1.29, 1.82) is 0 Å². The number of nitrogen functional groups attached to an aromatic ring is 1. The first-order chi connectivity index (χ1) is 9.58. The van der Waals surface area contributed by atoms with Gasteiger partial charge < -0.3 is 20.6 Å². The Hall–Kier alpha value is -2.24. The molecule has 0 radical (unpaired) electrons. The number of carboxylic acid groups (broad SMARTS) is 1. The van der Waals surface area contributed by atoms with E-state index in [-0.39, 0.29) is 11.9 Å². The Morgan fingerprint density at radius 3 is 2.90 bits per heavy atom. The number of fused-ring (bicyclic) bond motifs is 1. The van der Waals surface area contributed by atoms with E-state index in [4.69, 9.17) is 10.8 Å². The molecule has 1 atom stereocenters. The predicted molar refractivity (Wildman–Crippen MR) is 73.3 cm³/mol. The molecule has 1 aromatic rings. The Morgan fingerprint density at radius 1 is 1.40 bits per heavy atom. The van der Waals surface area contributed by atoms with Gasteiger partial charge in [-0.1, -0.05) is 6.07 Å². The molecular formula is C14H17N3O3. The number of nitrogens with two attached hydrogens (primary N) is 1. The number of amides is 2. The number of piperidine rings is 1. The zero-order chi connectivity index (χ0) is 14.3. The summed E-state index contributed by atoms with van der Waals surface area (Å²) in [4.78, 5) is 26.6. The van der Waals surface area contributed by atoms with Crippen molar-refractivity contribution in [3.63, 3.8) is 0 Å². The minimum atomic E-state index is -0.918. The maximum absolute atomic E-state index is 12.4. The van der Waals surface area contributed by atoms with Gasteiger partial charge in [-0.25, -0.2) is 4.79 Å². The molecule has 20 heavy (non-hydrogen) atoms. The average Bonchev–Trinajstić information content (AvgIpc) is 2.78. The fourth-order valence-corrected chi connectivity index (χ4v) is 3.06. The summed E-state index contributed by atoms with van der Waals surface area (Å²) in [6, 6.07) is 5.30. The number of hydrogen-bond donors (Lipinski definition) is 2. The van der Waals surface area contributed by atoms with E-state index in [0.717, 1.165) is 18.4 Å². The summed E-state index contributed by atoms with van der Waals surface area (Å²) in [6.45, 7) is 1.41. The Balaban J connectivity index is 1.82. The van der Waals surface area contributed by atoms with Crippen LogP contribution < -0.4 is 5.73 Å². The van der Waals surface area contributed by atoms with Crippen molar-refractivity contribution in [2.45, 2.75) is 25.4 Å². The molecule has 6 heteroatoms. The quantitative estimate of drug-likeness (QED) is 0.758. The van der Waals surface area contributed by atoms with Gasteiger partial charge in [-0.2, -0.15) is 0 Å². The highest BCUT2D eigenvalue weighted by molar-refractivity contribution is 6.00. The van der Waals surface area contributed by atoms with Crippen LogP contribution >= 0.6 is 0 Å². The minimum absolute atomic E-state index is 0.0375. The number of carbonyl (C=O) groups is 2. The molecule has 2 aliphatic rings. The van der Waals surface area contributed by atoms with Crippen molar-refractivity contribution in [2.75, 3.05) is 18.8 Å². The molecule has 1 unspecified atom stereocenters. The number of anilines is 1. The van der Waals surface area contributed by atoms with E-state index in [9.17, 15) is 9.59 Å². The summed E-state index contributed by atoms with van der Waals surface area (Å²) < 4.78 is 0. The first-order valence-corrected chi connectivity index (χ1v) is 6.74. The van der Waals surface area contributed by atoms with Gasteiger partial charge in [-0.05, 0) is 25.0 Å². The summed E-state index contributed by atoms with van der Waals surface area (Å²) in [7, 11) is 0. The van der Waals surface area contributed by atoms with E-state index in [1.807, 2.05) is 0 Å². The summed E-state index contributed by atoms with van der Waals surface area (Å²) in [6.07, 6.45) is 0.703. The highest BCUT2D eigenvalue weighted by Crippen LogP contribution is 2.31. The van der Waals surface area contributed by atoms with Crippen molar-refractivity contribution in [2.24, 2.45) is 0 Å². The fourth-order valence-electron chi connectivity index (χ4n) is 3.06. The number of rotatable bonds is 1. The molecule has 0 saturated carbocycles. The van der Waals surface area contributed by atoms with Gasteiger partial charge in [-0.15, -0.1) is 0 Å². The monoisotopic (exact) mass is 275 g/mol. The molecule has 1 aromatic carbocycles. The van der Waals surface area contributed by atoms with Crippen LogP contribution in [0.25, 0.3) is 0 Å². The van der Waals surface area contributed by atoms with E-state index in [1.165, 1.54) is 4.90 Å². The van der Waals surface area contributed by atoms with Crippen LogP contribution in [-0.2, 0) is 6.54 Å². The zero-order valence-electron chi connectivity index (χ0n) is 11.1. The summed E-state index contributed by atoms with van der Waals surface area (Å²) in [5, 5.41) is 9.08. The molecule has 6 nitrogen and oxygen atoms in total.